The van der Waals surface area contributed by atoms with E-state index in [1.807, 2.05) is 6.92 Å². The molecule has 1 unspecified atom stereocenters. The standard InChI is InChI=1S/C18H18FN3O3S2/c1-11-15-8-16(17(23)20-14-6-7-27(24,25)10-14)26-18(15)22(21-11)9-12-2-4-13(19)5-3-12/h2-5,8,14H,6-7,9-10H2,1H3,(H,20,23). The first kappa shape index (κ1) is 18.1. The molecule has 0 aliphatic carbocycles. The Morgan fingerprint density at radius 3 is 2.78 bits per heavy atom. The summed E-state index contributed by atoms with van der Waals surface area (Å²) in [6, 6.07) is 7.70. The van der Waals surface area contributed by atoms with Crippen LogP contribution in [0.4, 0.5) is 4.39 Å². The average Bonchev–Trinajstić information content (AvgIpc) is 3.26. The van der Waals surface area contributed by atoms with Crippen molar-refractivity contribution in [3.63, 3.8) is 0 Å². The Morgan fingerprint density at radius 2 is 2.11 bits per heavy atom. The van der Waals surface area contributed by atoms with Gasteiger partial charge in [0, 0.05) is 11.4 Å². The van der Waals surface area contributed by atoms with Gasteiger partial charge in [0.25, 0.3) is 5.91 Å². The SMILES string of the molecule is Cc1nn(Cc2ccc(F)cc2)c2sc(C(=O)NC3CCS(=O)(=O)C3)cc12. The van der Waals surface area contributed by atoms with Crippen LogP contribution in [-0.4, -0.2) is 41.7 Å². The lowest BCUT2D eigenvalue weighted by molar-refractivity contribution is 0.0945. The summed E-state index contributed by atoms with van der Waals surface area (Å²) in [5.41, 5.74) is 1.72. The van der Waals surface area contributed by atoms with Crippen LogP contribution in [0, 0.1) is 12.7 Å². The lowest BCUT2D eigenvalue weighted by atomic mass is 10.2. The van der Waals surface area contributed by atoms with Crippen LogP contribution < -0.4 is 5.32 Å². The quantitative estimate of drug-likeness (QED) is 0.721. The molecule has 142 valence electrons. The van der Waals surface area contributed by atoms with Crippen LogP contribution in [0.3, 0.4) is 0 Å². The van der Waals surface area contributed by atoms with Crippen molar-refractivity contribution in [1.82, 2.24) is 15.1 Å². The Bertz CT molecular complexity index is 1120. The van der Waals surface area contributed by atoms with Gasteiger partial charge in [0.1, 0.15) is 10.6 Å². The van der Waals surface area contributed by atoms with Crippen LogP contribution in [0.1, 0.15) is 27.3 Å². The normalized spacial score (nSPS) is 18.8. The summed E-state index contributed by atoms with van der Waals surface area (Å²) in [5.74, 6) is -0.424. The van der Waals surface area contributed by atoms with Gasteiger partial charge in [-0.1, -0.05) is 12.1 Å². The fourth-order valence-corrected chi connectivity index (χ4v) is 6.00. The van der Waals surface area contributed by atoms with E-state index in [1.165, 1.54) is 23.5 Å². The van der Waals surface area contributed by atoms with Gasteiger partial charge < -0.3 is 5.32 Å². The lowest BCUT2D eigenvalue weighted by Gasteiger charge is -2.09. The summed E-state index contributed by atoms with van der Waals surface area (Å²) in [6.45, 7) is 2.36. The van der Waals surface area contributed by atoms with Crippen LogP contribution in [0.15, 0.2) is 30.3 Å². The van der Waals surface area contributed by atoms with Gasteiger partial charge in [-0.2, -0.15) is 5.10 Å². The molecule has 1 saturated heterocycles. The zero-order chi connectivity index (χ0) is 19.2. The molecule has 0 bridgehead atoms. The Hall–Kier alpha value is -2.26. The minimum Gasteiger partial charge on any atom is -0.348 e. The largest absolute Gasteiger partial charge is 0.348 e. The number of amides is 1. The second kappa shape index (κ2) is 6.72. The van der Waals surface area contributed by atoms with E-state index in [2.05, 4.69) is 10.4 Å². The zero-order valence-corrected chi connectivity index (χ0v) is 16.2. The molecular formula is C18H18FN3O3S2. The van der Waals surface area contributed by atoms with E-state index in [-0.39, 0.29) is 29.3 Å². The third kappa shape index (κ3) is 3.74. The number of aromatic nitrogens is 2. The molecule has 1 fully saturated rings. The van der Waals surface area contributed by atoms with Crippen LogP contribution in [-0.2, 0) is 16.4 Å². The number of nitrogens with one attached hydrogen (secondary N) is 1. The molecule has 3 aromatic rings. The highest BCUT2D eigenvalue weighted by Gasteiger charge is 2.29. The second-order valence-electron chi connectivity index (χ2n) is 6.77. The van der Waals surface area contributed by atoms with Gasteiger partial charge in [-0.25, -0.2) is 12.8 Å². The highest BCUT2D eigenvalue weighted by molar-refractivity contribution is 7.91. The molecule has 4 rings (SSSR count). The van der Waals surface area contributed by atoms with Crippen molar-refractivity contribution in [2.24, 2.45) is 0 Å². The van der Waals surface area contributed by atoms with Gasteiger partial charge in [-0.3, -0.25) is 9.48 Å². The molecule has 0 saturated carbocycles. The third-order valence-corrected chi connectivity index (χ3v) is 7.56. The van der Waals surface area contributed by atoms with E-state index >= 15 is 0 Å². The van der Waals surface area contributed by atoms with E-state index in [9.17, 15) is 17.6 Å². The number of hydrogen-bond donors (Lipinski definition) is 1. The number of rotatable bonds is 4. The molecule has 1 aliphatic heterocycles. The second-order valence-corrected chi connectivity index (χ2v) is 10.0. The maximum absolute atomic E-state index is 13.1. The van der Waals surface area contributed by atoms with E-state index < -0.39 is 9.84 Å². The van der Waals surface area contributed by atoms with Crippen molar-refractivity contribution in [3.05, 3.63) is 52.3 Å². The highest BCUT2D eigenvalue weighted by Crippen LogP contribution is 2.29. The van der Waals surface area contributed by atoms with Gasteiger partial charge in [0.2, 0.25) is 0 Å². The van der Waals surface area contributed by atoms with Crippen LogP contribution in [0.5, 0.6) is 0 Å². The van der Waals surface area contributed by atoms with Gasteiger partial charge in [0.15, 0.2) is 9.84 Å². The lowest BCUT2D eigenvalue weighted by Crippen LogP contribution is -2.35. The van der Waals surface area contributed by atoms with Crippen molar-refractivity contribution >= 4 is 37.3 Å². The molecule has 0 spiro atoms. The van der Waals surface area contributed by atoms with Gasteiger partial charge in [-0.05, 0) is 37.1 Å². The fraction of sp³-hybridized carbons (Fsp3) is 0.333. The molecule has 27 heavy (non-hydrogen) atoms. The van der Waals surface area contributed by atoms with E-state index in [0.29, 0.717) is 17.8 Å². The molecule has 1 aromatic carbocycles. The first-order valence-electron chi connectivity index (χ1n) is 8.53. The first-order chi connectivity index (χ1) is 12.8. The van der Waals surface area contributed by atoms with Crippen molar-refractivity contribution in [3.8, 4) is 0 Å². The van der Waals surface area contributed by atoms with E-state index in [0.717, 1.165) is 21.5 Å². The predicted octanol–water partition coefficient (Wildman–Crippen LogP) is 2.51. The molecule has 9 heteroatoms. The van der Waals surface area contributed by atoms with E-state index in [1.54, 1.807) is 22.9 Å². The van der Waals surface area contributed by atoms with Gasteiger partial charge in [-0.15, -0.1) is 11.3 Å². The summed E-state index contributed by atoms with van der Waals surface area (Å²) in [5, 5.41) is 8.22. The number of fused-ring (bicyclic) bond motifs is 1. The number of carbonyl (C=O) groups excluding carboxylic acids is 1. The smallest absolute Gasteiger partial charge is 0.261 e. The number of hydrogen-bond acceptors (Lipinski definition) is 5. The summed E-state index contributed by atoms with van der Waals surface area (Å²) < 4.78 is 38.0. The fourth-order valence-electron chi connectivity index (χ4n) is 3.26. The molecular weight excluding hydrogens is 389 g/mol. The number of benzene rings is 1. The minimum absolute atomic E-state index is 0.000999. The Morgan fingerprint density at radius 1 is 1.37 bits per heavy atom. The monoisotopic (exact) mass is 407 g/mol. The maximum Gasteiger partial charge on any atom is 0.261 e. The molecule has 2 aromatic heterocycles. The minimum atomic E-state index is -3.04. The third-order valence-electron chi connectivity index (χ3n) is 4.64. The predicted molar refractivity (Wildman–Crippen MR) is 102 cm³/mol. The van der Waals surface area contributed by atoms with Crippen molar-refractivity contribution in [2.45, 2.75) is 25.9 Å². The van der Waals surface area contributed by atoms with E-state index in [4.69, 9.17) is 0 Å². The molecule has 1 aliphatic rings. The molecule has 1 atom stereocenters. The topological polar surface area (TPSA) is 81.1 Å². The van der Waals surface area contributed by atoms with Gasteiger partial charge in [0.05, 0.1) is 28.6 Å². The molecule has 1 N–H and O–H groups in total. The Labute approximate surface area is 159 Å². The van der Waals surface area contributed by atoms with Crippen LogP contribution >= 0.6 is 11.3 Å². The first-order valence-corrected chi connectivity index (χ1v) is 11.2. The zero-order valence-electron chi connectivity index (χ0n) is 14.6. The van der Waals surface area contributed by atoms with Crippen molar-refractivity contribution < 1.29 is 17.6 Å². The van der Waals surface area contributed by atoms with Crippen molar-refractivity contribution in [1.29, 1.82) is 0 Å². The molecule has 0 radical (unpaired) electrons. The van der Waals surface area contributed by atoms with Crippen LogP contribution in [0.25, 0.3) is 10.2 Å². The Balaban J connectivity index is 1.57. The number of aryl methyl sites for hydroxylation is 1. The number of sulfone groups is 1. The number of halogens is 1. The summed E-state index contributed by atoms with van der Waals surface area (Å²) in [6.07, 6.45) is 0.455. The molecule has 6 nitrogen and oxygen atoms in total. The number of nitrogens with zero attached hydrogens (tertiary/aromatic N) is 2. The average molecular weight is 407 g/mol. The number of thiophene rings is 1. The summed E-state index contributed by atoms with van der Waals surface area (Å²) in [4.78, 5) is 13.9. The van der Waals surface area contributed by atoms with Gasteiger partial charge >= 0.3 is 0 Å². The van der Waals surface area contributed by atoms with Crippen molar-refractivity contribution in [2.75, 3.05) is 11.5 Å². The molecule has 3 heterocycles. The summed E-state index contributed by atoms with van der Waals surface area (Å²) >= 11 is 1.32. The molecule has 1 amide bonds. The highest BCUT2D eigenvalue weighted by atomic mass is 32.2. The Kier molecular flexibility index (Phi) is 4.51. The number of carbonyl (C=O) groups is 1. The maximum atomic E-state index is 13.1. The van der Waals surface area contributed by atoms with Crippen LogP contribution in [0.2, 0.25) is 0 Å². The summed E-state index contributed by atoms with van der Waals surface area (Å²) in [7, 11) is -3.04.